The molecule has 4 rings (SSSR count). The van der Waals surface area contributed by atoms with Crippen LogP contribution >= 0.6 is 0 Å². The van der Waals surface area contributed by atoms with Crippen LogP contribution in [0.1, 0.15) is 72.6 Å². The number of hydrogen-bond donors (Lipinski definition) is 0. The molecule has 0 aromatic carbocycles. The van der Waals surface area contributed by atoms with Crippen LogP contribution in [0.15, 0.2) is 23.5 Å². The second-order valence-corrected chi connectivity index (χ2v) is 9.82. The first-order valence-electron chi connectivity index (χ1n) is 10.4. The van der Waals surface area contributed by atoms with E-state index in [4.69, 9.17) is 9.47 Å². The highest BCUT2D eigenvalue weighted by atomic mass is 16.6. The second kappa shape index (κ2) is 5.87. The van der Waals surface area contributed by atoms with Gasteiger partial charge in [0.1, 0.15) is 5.60 Å². The molecule has 0 spiro atoms. The van der Waals surface area contributed by atoms with Gasteiger partial charge in [-0.1, -0.05) is 19.9 Å². The molecule has 0 bridgehead atoms. The van der Waals surface area contributed by atoms with E-state index in [0.717, 1.165) is 30.4 Å². The highest BCUT2D eigenvalue weighted by Gasteiger charge is 2.63. The van der Waals surface area contributed by atoms with Gasteiger partial charge in [0, 0.05) is 18.8 Å². The van der Waals surface area contributed by atoms with E-state index < -0.39 is 0 Å². The van der Waals surface area contributed by atoms with Crippen LogP contribution in [0.3, 0.4) is 0 Å². The molecule has 0 amide bonds. The number of allylic oxidation sites excluding steroid dienone is 4. The van der Waals surface area contributed by atoms with Crippen LogP contribution in [0.25, 0.3) is 0 Å². The van der Waals surface area contributed by atoms with Crippen molar-refractivity contribution in [1.82, 2.24) is 0 Å². The van der Waals surface area contributed by atoms with Gasteiger partial charge in [-0.3, -0.25) is 4.79 Å². The third-order valence-corrected chi connectivity index (χ3v) is 8.89. The Morgan fingerprint density at radius 3 is 2.54 bits per heavy atom. The van der Waals surface area contributed by atoms with E-state index in [0.29, 0.717) is 5.92 Å². The van der Waals surface area contributed by atoms with Crippen molar-refractivity contribution in [2.24, 2.45) is 28.6 Å². The van der Waals surface area contributed by atoms with Crippen molar-refractivity contribution in [1.29, 1.82) is 0 Å². The standard InChI is InChI=1S/C23H34O3/c1-15(24)26-23(4)13-10-20-18-7-6-16-14-17(25-5)8-11-21(16,2)19(18)9-12-22(20,23)3/h6,14,18-20H,7-13H2,1-5H3/t18-,19+,20+,21+,22+,23-/m1/s1. The number of esters is 1. The lowest BCUT2D eigenvalue weighted by Gasteiger charge is -2.58. The minimum absolute atomic E-state index is 0.115. The van der Waals surface area contributed by atoms with E-state index in [2.05, 4.69) is 32.9 Å². The molecule has 2 fully saturated rings. The van der Waals surface area contributed by atoms with Gasteiger partial charge in [-0.2, -0.15) is 0 Å². The Balaban J connectivity index is 1.66. The van der Waals surface area contributed by atoms with Crippen LogP contribution < -0.4 is 0 Å². The first-order chi connectivity index (χ1) is 12.2. The summed E-state index contributed by atoms with van der Waals surface area (Å²) in [7, 11) is 1.79. The molecule has 0 aromatic heterocycles. The van der Waals surface area contributed by atoms with Gasteiger partial charge in [0.25, 0.3) is 0 Å². The minimum Gasteiger partial charge on any atom is -0.501 e. The van der Waals surface area contributed by atoms with Crippen molar-refractivity contribution in [2.75, 3.05) is 7.11 Å². The van der Waals surface area contributed by atoms with Crippen molar-refractivity contribution in [3.05, 3.63) is 23.5 Å². The van der Waals surface area contributed by atoms with Crippen LogP contribution in [-0.2, 0) is 14.3 Å². The molecular weight excluding hydrogens is 324 g/mol. The van der Waals surface area contributed by atoms with Gasteiger partial charge in [0.2, 0.25) is 0 Å². The largest absolute Gasteiger partial charge is 0.501 e. The maximum absolute atomic E-state index is 11.8. The fraction of sp³-hybridized carbons (Fsp3) is 0.783. The molecule has 4 aliphatic rings. The van der Waals surface area contributed by atoms with E-state index in [9.17, 15) is 4.79 Å². The van der Waals surface area contributed by atoms with Crippen molar-refractivity contribution in [3.63, 3.8) is 0 Å². The van der Waals surface area contributed by atoms with E-state index in [1.165, 1.54) is 37.7 Å². The molecule has 6 atom stereocenters. The monoisotopic (exact) mass is 358 g/mol. The zero-order valence-electron chi connectivity index (χ0n) is 17.1. The lowest BCUT2D eigenvalue weighted by molar-refractivity contribution is -0.176. The zero-order chi connectivity index (χ0) is 18.7. The Morgan fingerprint density at radius 2 is 1.85 bits per heavy atom. The summed E-state index contributed by atoms with van der Waals surface area (Å²) in [4.78, 5) is 11.8. The molecule has 0 N–H and O–H groups in total. The summed E-state index contributed by atoms with van der Waals surface area (Å²) in [5.41, 5.74) is 1.61. The summed E-state index contributed by atoms with van der Waals surface area (Å²) in [6.07, 6.45) is 12.9. The number of carbonyl (C=O) groups excluding carboxylic acids is 1. The zero-order valence-corrected chi connectivity index (χ0v) is 17.1. The molecule has 144 valence electrons. The van der Waals surface area contributed by atoms with Gasteiger partial charge in [-0.05, 0) is 80.3 Å². The van der Waals surface area contributed by atoms with E-state index in [1.54, 1.807) is 14.0 Å². The molecule has 0 unspecified atom stereocenters. The van der Waals surface area contributed by atoms with Crippen molar-refractivity contribution < 1.29 is 14.3 Å². The summed E-state index contributed by atoms with van der Waals surface area (Å²) in [6.45, 7) is 8.64. The van der Waals surface area contributed by atoms with Crippen LogP contribution in [0.4, 0.5) is 0 Å². The smallest absolute Gasteiger partial charge is 0.303 e. The Morgan fingerprint density at radius 1 is 1.12 bits per heavy atom. The van der Waals surface area contributed by atoms with E-state index in [-0.39, 0.29) is 22.4 Å². The quantitative estimate of drug-likeness (QED) is 0.619. The predicted octanol–water partition coefficient (Wildman–Crippen LogP) is 5.41. The average Bonchev–Trinajstić information content (AvgIpc) is 2.84. The van der Waals surface area contributed by atoms with Crippen LogP contribution in [0.2, 0.25) is 0 Å². The molecule has 2 saturated carbocycles. The highest BCUT2D eigenvalue weighted by Crippen LogP contribution is 2.67. The van der Waals surface area contributed by atoms with Crippen LogP contribution in [-0.4, -0.2) is 18.7 Å². The van der Waals surface area contributed by atoms with Crippen LogP contribution in [0.5, 0.6) is 0 Å². The molecule has 0 saturated heterocycles. The number of fused-ring (bicyclic) bond motifs is 5. The summed E-state index contributed by atoms with van der Waals surface area (Å²) in [5, 5.41) is 0. The van der Waals surface area contributed by atoms with Gasteiger partial charge >= 0.3 is 5.97 Å². The molecule has 0 aliphatic heterocycles. The fourth-order valence-electron chi connectivity index (χ4n) is 7.17. The molecule has 3 heteroatoms. The molecule has 26 heavy (non-hydrogen) atoms. The maximum atomic E-state index is 11.8. The summed E-state index contributed by atoms with van der Waals surface area (Å²) in [6, 6.07) is 0. The second-order valence-electron chi connectivity index (χ2n) is 9.82. The van der Waals surface area contributed by atoms with Crippen molar-refractivity contribution in [2.45, 2.75) is 78.2 Å². The number of methoxy groups -OCH3 is 1. The van der Waals surface area contributed by atoms with Gasteiger partial charge in [0.15, 0.2) is 0 Å². The van der Waals surface area contributed by atoms with Gasteiger partial charge in [-0.15, -0.1) is 0 Å². The van der Waals surface area contributed by atoms with Gasteiger partial charge < -0.3 is 9.47 Å². The van der Waals surface area contributed by atoms with Crippen molar-refractivity contribution >= 4 is 5.97 Å². The Labute approximate surface area is 158 Å². The molecule has 0 radical (unpaired) electrons. The lowest BCUT2D eigenvalue weighted by atomic mass is 9.47. The Bertz CT molecular complexity index is 677. The number of rotatable bonds is 2. The highest BCUT2D eigenvalue weighted by molar-refractivity contribution is 5.66. The molecule has 0 aromatic rings. The van der Waals surface area contributed by atoms with Gasteiger partial charge in [0.05, 0.1) is 12.9 Å². The number of ether oxygens (including phenoxy) is 2. The topological polar surface area (TPSA) is 35.5 Å². The Kier molecular flexibility index (Phi) is 4.09. The maximum Gasteiger partial charge on any atom is 0.303 e. The molecule has 4 aliphatic carbocycles. The number of carbonyl (C=O) groups is 1. The summed E-state index contributed by atoms with van der Waals surface area (Å²) >= 11 is 0. The van der Waals surface area contributed by atoms with Crippen LogP contribution in [0, 0.1) is 28.6 Å². The predicted molar refractivity (Wildman–Crippen MR) is 102 cm³/mol. The van der Waals surface area contributed by atoms with E-state index in [1.807, 2.05) is 0 Å². The summed E-state index contributed by atoms with van der Waals surface area (Å²) in [5.74, 6) is 3.13. The lowest BCUT2D eigenvalue weighted by Crippen LogP contribution is -2.54. The van der Waals surface area contributed by atoms with E-state index >= 15 is 0 Å². The first-order valence-corrected chi connectivity index (χ1v) is 10.4. The molecule has 0 heterocycles. The minimum atomic E-state index is -0.297. The molecule has 3 nitrogen and oxygen atoms in total. The summed E-state index contributed by atoms with van der Waals surface area (Å²) < 4.78 is 11.5. The van der Waals surface area contributed by atoms with Gasteiger partial charge in [-0.25, -0.2) is 0 Å². The molecular formula is C23H34O3. The third kappa shape index (κ3) is 2.34. The fourth-order valence-corrected chi connectivity index (χ4v) is 7.17. The SMILES string of the molecule is COC1=CC2=CC[C@@H]3[C@H](CC[C@@]4(C)[C@H]3CC[C@@]4(C)OC(C)=O)[C@@]2(C)CC1. The first kappa shape index (κ1) is 18.1. The average molecular weight is 359 g/mol. The third-order valence-electron chi connectivity index (χ3n) is 8.89. The van der Waals surface area contributed by atoms with Crippen molar-refractivity contribution in [3.8, 4) is 0 Å². The normalized spacial score (nSPS) is 47.0. The number of hydrogen-bond acceptors (Lipinski definition) is 3. The Hall–Kier alpha value is -1.25.